The maximum absolute atomic E-state index is 12.3. The van der Waals surface area contributed by atoms with Crippen molar-refractivity contribution < 1.29 is 4.79 Å². The molecule has 1 aromatic heterocycles. The number of nitrogens with zero attached hydrogens (tertiary/aromatic N) is 1. The number of amides is 1. The van der Waals surface area contributed by atoms with Gasteiger partial charge in [0.15, 0.2) is 0 Å². The van der Waals surface area contributed by atoms with E-state index < -0.39 is 0 Å². The molecule has 0 radical (unpaired) electrons. The van der Waals surface area contributed by atoms with Gasteiger partial charge in [-0.3, -0.25) is 4.79 Å². The molecule has 2 aromatic rings. The molecule has 1 aromatic carbocycles. The summed E-state index contributed by atoms with van der Waals surface area (Å²) in [5.74, 6) is 0.598. The predicted octanol–water partition coefficient (Wildman–Crippen LogP) is 4.04. The molecule has 1 heterocycles. The summed E-state index contributed by atoms with van der Waals surface area (Å²) in [6.07, 6.45) is 4.15. The number of rotatable bonds is 5. The van der Waals surface area contributed by atoms with Crippen LogP contribution in [0.2, 0.25) is 0 Å². The van der Waals surface area contributed by atoms with Crippen LogP contribution in [-0.4, -0.2) is 17.4 Å². The van der Waals surface area contributed by atoms with Gasteiger partial charge in [0.25, 0.3) is 5.91 Å². The first kappa shape index (κ1) is 15.2. The molecule has 0 aliphatic heterocycles. The molecule has 1 saturated carbocycles. The maximum atomic E-state index is 12.3. The molecule has 3 nitrogen and oxygen atoms in total. The lowest BCUT2D eigenvalue weighted by Gasteiger charge is -2.26. The van der Waals surface area contributed by atoms with E-state index in [0.29, 0.717) is 12.5 Å². The Morgan fingerprint density at radius 3 is 2.86 bits per heavy atom. The first-order valence-corrected chi connectivity index (χ1v) is 8.58. The SMILES string of the molecule is Cc1cccc(C(C)(C)CNC(=O)c2cnc(C3CC3)s2)c1. The van der Waals surface area contributed by atoms with E-state index in [2.05, 4.69) is 55.3 Å². The summed E-state index contributed by atoms with van der Waals surface area (Å²) in [7, 11) is 0. The second-order valence-corrected chi connectivity index (χ2v) is 7.84. The second-order valence-electron chi connectivity index (χ2n) is 6.77. The molecule has 0 unspecified atom stereocenters. The summed E-state index contributed by atoms with van der Waals surface area (Å²) in [6, 6.07) is 8.47. The molecule has 22 heavy (non-hydrogen) atoms. The zero-order chi connectivity index (χ0) is 15.7. The van der Waals surface area contributed by atoms with Gasteiger partial charge in [-0.1, -0.05) is 43.7 Å². The van der Waals surface area contributed by atoms with E-state index in [-0.39, 0.29) is 11.3 Å². The maximum Gasteiger partial charge on any atom is 0.263 e. The summed E-state index contributed by atoms with van der Waals surface area (Å²) < 4.78 is 0. The number of aromatic nitrogens is 1. The molecule has 1 N–H and O–H groups in total. The molecule has 0 bridgehead atoms. The minimum Gasteiger partial charge on any atom is -0.350 e. The molecule has 116 valence electrons. The van der Waals surface area contributed by atoms with Gasteiger partial charge in [-0.15, -0.1) is 11.3 Å². The van der Waals surface area contributed by atoms with Crippen LogP contribution >= 0.6 is 11.3 Å². The fraction of sp³-hybridized carbons (Fsp3) is 0.444. The molecule has 1 amide bonds. The van der Waals surface area contributed by atoms with E-state index in [1.807, 2.05) is 0 Å². The summed E-state index contributed by atoms with van der Waals surface area (Å²) in [6.45, 7) is 7.02. The smallest absolute Gasteiger partial charge is 0.263 e. The third-order valence-corrected chi connectivity index (χ3v) is 5.32. The molecule has 0 atom stereocenters. The third-order valence-electron chi connectivity index (χ3n) is 4.16. The van der Waals surface area contributed by atoms with Crippen molar-refractivity contribution in [1.29, 1.82) is 0 Å². The van der Waals surface area contributed by atoms with Gasteiger partial charge in [0.05, 0.1) is 11.2 Å². The van der Waals surface area contributed by atoms with E-state index in [0.717, 1.165) is 9.88 Å². The summed E-state index contributed by atoms with van der Waals surface area (Å²) in [5.41, 5.74) is 2.40. The van der Waals surface area contributed by atoms with E-state index in [9.17, 15) is 4.79 Å². The van der Waals surface area contributed by atoms with Gasteiger partial charge in [-0.2, -0.15) is 0 Å². The zero-order valence-corrected chi connectivity index (χ0v) is 14.2. The number of carbonyl (C=O) groups is 1. The first-order valence-electron chi connectivity index (χ1n) is 7.77. The molecule has 1 fully saturated rings. The minimum absolute atomic E-state index is 0.00914. The Hall–Kier alpha value is -1.68. The van der Waals surface area contributed by atoms with Crippen LogP contribution in [0.1, 0.15) is 58.4 Å². The minimum atomic E-state index is -0.0916. The number of thiazole rings is 1. The number of aryl methyl sites for hydroxylation is 1. The van der Waals surface area contributed by atoms with Crippen LogP contribution in [0.15, 0.2) is 30.5 Å². The molecule has 3 rings (SSSR count). The van der Waals surface area contributed by atoms with Gasteiger partial charge in [0.1, 0.15) is 4.88 Å². The lowest BCUT2D eigenvalue weighted by molar-refractivity contribution is 0.0949. The average molecular weight is 314 g/mol. The van der Waals surface area contributed by atoms with E-state index >= 15 is 0 Å². The van der Waals surface area contributed by atoms with Crippen LogP contribution < -0.4 is 5.32 Å². The van der Waals surface area contributed by atoms with Crippen LogP contribution in [0, 0.1) is 6.92 Å². The van der Waals surface area contributed by atoms with Crippen LogP contribution in [0.4, 0.5) is 0 Å². The quantitative estimate of drug-likeness (QED) is 0.905. The summed E-state index contributed by atoms with van der Waals surface area (Å²) >= 11 is 1.54. The van der Waals surface area contributed by atoms with Gasteiger partial charge in [-0.25, -0.2) is 4.98 Å². The fourth-order valence-corrected chi connectivity index (χ4v) is 3.47. The Morgan fingerprint density at radius 2 is 2.18 bits per heavy atom. The van der Waals surface area contributed by atoms with Gasteiger partial charge in [-0.05, 0) is 25.3 Å². The van der Waals surface area contributed by atoms with Crippen molar-refractivity contribution in [3.05, 3.63) is 51.5 Å². The lowest BCUT2D eigenvalue weighted by atomic mass is 9.84. The number of nitrogens with one attached hydrogen (secondary N) is 1. The highest BCUT2D eigenvalue weighted by Gasteiger charge is 2.28. The van der Waals surface area contributed by atoms with Crippen LogP contribution in [0.25, 0.3) is 0 Å². The van der Waals surface area contributed by atoms with E-state index in [1.165, 1.54) is 35.3 Å². The van der Waals surface area contributed by atoms with Crippen molar-refractivity contribution in [1.82, 2.24) is 10.3 Å². The fourth-order valence-electron chi connectivity index (χ4n) is 2.47. The Labute approximate surface area is 135 Å². The van der Waals surface area contributed by atoms with Gasteiger partial charge in [0.2, 0.25) is 0 Å². The van der Waals surface area contributed by atoms with Gasteiger partial charge >= 0.3 is 0 Å². The van der Waals surface area contributed by atoms with Crippen LogP contribution in [0.5, 0.6) is 0 Å². The van der Waals surface area contributed by atoms with Crippen molar-refractivity contribution in [3.8, 4) is 0 Å². The Bertz CT molecular complexity index is 686. The predicted molar refractivity (Wildman–Crippen MR) is 90.6 cm³/mol. The molecule has 0 spiro atoms. The molecule has 4 heteroatoms. The number of benzene rings is 1. The summed E-state index contributed by atoms with van der Waals surface area (Å²) in [4.78, 5) is 17.4. The van der Waals surface area contributed by atoms with Crippen molar-refractivity contribution in [3.63, 3.8) is 0 Å². The van der Waals surface area contributed by atoms with Crippen LogP contribution in [0.3, 0.4) is 0 Å². The highest BCUT2D eigenvalue weighted by molar-refractivity contribution is 7.13. The van der Waals surface area contributed by atoms with E-state index in [4.69, 9.17) is 0 Å². The topological polar surface area (TPSA) is 42.0 Å². The Kier molecular flexibility index (Phi) is 4.04. The molecule has 1 aliphatic rings. The van der Waals surface area contributed by atoms with Crippen molar-refractivity contribution in [2.24, 2.45) is 0 Å². The first-order chi connectivity index (χ1) is 10.5. The Morgan fingerprint density at radius 1 is 1.41 bits per heavy atom. The highest BCUT2D eigenvalue weighted by Crippen LogP contribution is 2.41. The summed E-state index contributed by atoms with van der Waals surface area (Å²) in [5, 5.41) is 4.18. The molecule has 1 aliphatic carbocycles. The average Bonchev–Trinajstić information content (AvgIpc) is 3.22. The molecular weight excluding hydrogens is 292 g/mol. The second kappa shape index (κ2) is 5.84. The number of carbonyl (C=O) groups excluding carboxylic acids is 1. The third kappa shape index (κ3) is 3.38. The van der Waals surface area contributed by atoms with E-state index in [1.54, 1.807) is 6.20 Å². The molecular formula is C18H22N2OS. The highest BCUT2D eigenvalue weighted by atomic mass is 32.1. The lowest BCUT2D eigenvalue weighted by Crippen LogP contribution is -2.36. The largest absolute Gasteiger partial charge is 0.350 e. The molecule has 0 saturated heterocycles. The van der Waals surface area contributed by atoms with Gasteiger partial charge < -0.3 is 5.32 Å². The number of hydrogen-bond donors (Lipinski definition) is 1. The van der Waals surface area contributed by atoms with Gasteiger partial charge in [0, 0.05) is 17.9 Å². The van der Waals surface area contributed by atoms with Crippen molar-refractivity contribution in [2.75, 3.05) is 6.54 Å². The monoisotopic (exact) mass is 314 g/mol. The zero-order valence-electron chi connectivity index (χ0n) is 13.3. The Balaban J connectivity index is 1.63. The number of hydrogen-bond acceptors (Lipinski definition) is 3. The van der Waals surface area contributed by atoms with Crippen LogP contribution in [-0.2, 0) is 5.41 Å². The normalized spacial score (nSPS) is 14.9. The van der Waals surface area contributed by atoms with Crippen molar-refractivity contribution in [2.45, 2.75) is 44.9 Å². The standard InChI is InChI=1S/C18H22N2OS/c1-12-5-4-6-14(9-12)18(2,3)11-20-16(21)15-10-19-17(22-15)13-7-8-13/h4-6,9-10,13H,7-8,11H2,1-3H3,(H,20,21). The van der Waals surface area contributed by atoms with Crippen molar-refractivity contribution >= 4 is 17.2 Å².